The first-order valence-corrected chi connectivity index (χ1v) is 5.01. The second-order valence-corrected chi connectivity index (χ2v) is 3.99. The molecule has 1 heteroatoms. The Labute approximate surface area is 79.4 Å². The molecule has 0 amide bonds. The van der Waals surface area contributed by atoms with Crippen molar-refractivity contribution in [2.45, 2.75) is 39.5 Å². The average Bonchev–Trinajstić information content (AvgIpc) is 2.15. The van der Waals surface area contributed by atoms with E-state index < -0.39 is 0 Å². The highest BCUT2D eigenvalue weighted by Crippen LogP contribution is 2.31. The van der Waals surface area contributed by atoms with Gasteiger partial charge in [0.25, 0.3) is 0 Å². The van der Waals surface area contributed by atoms with E-state index in [9.17, 15) is 5.11 Å². The summed E-state index contributed by atoms with van der Waals surface area (Å²) < 4.78 is 0. The number of aryl methyl sites for hydroxylation is 1. The molecule has 1 aromatic rings. The van der Waals surface area contributed by atoms with Gasteiger partial charge < -0.3 is 5.11 Å². The van der Waals surface area contributed by atoms with Gasteiger partial charge in [0.15, 0.2) is 0 Å². The number of fused-ring (bicyclic) bond motifs is 1. The van der Waals surface area contributed by atoms with Gasteiger partial charge in [0, 0.05) is 0 Å². The summed E-state index contributed by atoms with van der Waals surface area (Å²) in [5, 5.41) is 9.66. The zero-order valence-electron chi connectivity index (χ0n) is 8.35. The molecule has 13 heavy (non-hydrogen) atoms. The summed E-state index contributed by atoms with van der Waals surface area (Å²) in [5.74, 6) is 0.471. The van der Waals surface area contributed by atoms with Gasteiger partial charge >= 0.3 is 0 Å². The Bertz CT molecular complexity index is 339. The van der Waals surface area contributed by atoms with Gasteiger partial charge in [0.1, 0.15) is 5.75 Å². The third kappa shape index (κ3) is 1.32. The van der Waals surface area contributed by atoms with Crippen LogP contribution in [0.2, 0.25) is 0 Å². The molecule has 0 heterocycles. The largest absolute Gasteiger partial charge is 0.508 e. The van der Waals surface area contributed by atoms with Crippen molar-refractivity contribution >= 4 is 0 Å². The fourth-order valence-corrected chi connectivity index (χ4v) is 2.21. The van der Waals surface area contributed by atoms with Crippen LogP contribution in [-0.2, 0) is 12.8 Å². The molecule has 2 rings (SSSR count). The van der Waals surface area contributed by atoms with Crippen LogP contribution in [0.15, 0.2) is 6.07 Å². The lowest BCUT2D eigenvalue weighted by Gasteiger charge is -2.20. The van der Waals surface area contributed by atoms with E-state index in [0.29, 0.717) is 5.75 Å². The minimum absolute atomic E-state index is 0.471. The second kappa shape index (κ2) is 3.06. The van der Waals surface area contributed by atoms with E-state index in [-0.39, 0.29) is 0 Å². The predicted octanol–water partition coefficient (Wildman–Crippen LogP) is 2.89. The number of rotatable bonds is 0. The zero-order valence-corrected chi connectivity index (χ0v) is 8.35. The average molecular weight is 176 g/mol. The maximum Gasteiger partial charge on any atom is 0.119 e. The van der Waals surface area contributed by atoms with Crippen molar-refractivity contribution < 1.29 is 5.11 Å². The molecule has 0 bridgehead atoms. The van der Waals surface area contributed by atoms with Crippen LogP contribution in [0.5, 0.6) is 5.75 Å². The van der Waals surface area contributed by atoms with Crippen molar-refractivity contribution in [3.05, 3.63) is 28.3 Å². The molecule has 0 atom stereocenters. The lowest BCUT2D eigenvalue weighted by molar-refractivity contribution is 0.468. The molecule has 0 saturated carbocycles. The monoisotopic (exact) mass is 176 g/mol. The van der Waals surface area contributed by atoms with Gasteiger partial charge in [-0.15, -0.1) is 0 Å². The number of hydrogen-bond donors (Lipinski definition) is 1. The molecule has 0 radical (unpaired) electrons. The Kier molecular flexibility index (Phi) is 2.03. The Morgan fingerprint density at radius 1 is 1.08 bits per heavy atom. The highest BCUT2D eigenvalue weighted by atomic mass is 16.3. The maximum atomic E-state index is 9.66. The van der Waals surface area contributed by atoms with Crippen LogP contribution in [-0.4, -0.2) is 5.11 Å². The number of phenols is 1. The van der Waals surface area contributed by atoms with Crippen LogP contribution >= 0.6 is 0 Å². The van der Waals surface area contributed by atoms with E-state index in [1.807, 2.05) is 13.0 Å². The molecule has 1 N–H and O–H groups in total. The summed E-state index contributed by atoms with van der Waals surface area (Å²) in [6.45, 7) is 4.12. The molecular formula is C12H16O. The van der Waals surface area contributed by atoms with Crippen molar-refractivity contribution in [2.24, 2.45) is 0 Å². The van der Waals surface area contributed by atoms with Gasteiger partial charge in [-0.05, 0) is 67.9 Å². The van der Waals surface area contributed by atoms with Crippen LogP contribution < -0.4 is 0 Å². The molecule has 0 aromatic heterocycles. The van der Waals surface area contributed by atoms with E-state index in [0.717, 1.165) is 12.0 Å². The molecule has 1 nitrogen and oxygen atoms in total. The molecule has 1 aromatic carbocycles. The van der Waals surface area contributed by atoms with E-state index in [1.165, 1.54) is 36.0 Å². The summed E-state index contributed by atoms with van der Waals surface area (Å²) >= 11 is 0. The first kappa shape index (κ1) is 8.61. The fraction of sp³-hybridized carbons (Fsp3) is 0.500. The zero-order chi connectivity index (χ0) is 9.42. The van der Waals surface area contributed by atoms with E-state index in [1.54, 1.807) is 0 Å². The molecule has 70 valence electrons. The molecular weight excluding hydrogens is 160 g/mol. The lowest BCUT2D eigenvalue weighted by atomic mass is 9.86. The number of benzene rings is 1. The molecule has 1 aliphatic rings. The summed E-state index contributed by atoms with van der Waals surface area (Å²) in [6, 6.07) is 1.96. The minimum Gasteiger partial charge on any atom is -0.508 e. The Hall–Kier alpha value is -0.980. The minimum atomic E-state index is 0.471. The highest BCUT2D eigenvalue weighted by molar-refractivity contribution is 5.48. The Morgan fingerprint density at radius 3 is 2.54 bits per heavy atom. The molecule has 0 spiro atoms. The molecule has 1 aliphatic carbocycles. The number of hydrogen-bond acceptors (Lipinski definition) is 1. The van der Waals surface area contributed by atoms with Crippen LogP contribution in [0, 0.1) is 13.8 Å². The predicted molar refractivity (Wildman–Crippen MR) is 54.2 cm³/mol. The van der Waals surface area contributed by atoms with Crippen LogP contribution in [0.4, 0.5) is 0 Å². The van der Waals surface area contributed by atoms with Gasteiger partial charge in [-0.1, -0.05) is 0 Å². The van der Waals surface area contributed by atoms with Crippen molar-refractivity contribution in [1.82, 2.24) is 0 Å². The first-order valence-electron chi connectivity index (χ1n) is 5.01. The second-order valence-electron chi connectivity index (χ2n) is 3.99. The van der Waals surface area contributed by atoms with Crippen LogP contribution in [0.25, 0.3) is 0 Å². The van der Waals surface area contributed by atoms with Crippen molar-refractivity contribution in [3.63, 3.8) is 0 Å². The van der Waals surface area contributed by atoms with Gasteiger partial charge in [-0.2, -0.15) is 0 Å². The maximum absolute atomic E-state index is 9.66. The van der Waals surface area contributed by atoms with Gasteiger partial charge in [-0.25, -0.2) is 0 Å². The first-order chi connectivity index (χ1) is 6.20. The smallest absolute Gasteiger partial charge is 0.119 e. The van der Waals surface area contributed by atoms with E-state index in [2.05, 4.69) is 6.92 Å². The third-order valence-corrected chi connectivity index (χ3v) is 3.22. The van der Waals surface area contributed by atoms with Crippen LogP contribution in [0.3, 0.4) is 0 Å². The fourth-order valence-electron chi connectivity index (χ4n) is 2.21. The van der Waals surface area contributed by atoms with Crippen molar-refractivity contribution in [3.8, 4) is 5.75 Å². The molecule has 0 unspecified atom stereocenters. The van der Waals surface area contributed by atoms with Crippen molar-refractivity contribution in [1.29, 1.82) is 0 Å². The number of aromatic hydroxyl groups is 1. The van der Waals surface area contributed by atoms with Gasteiger partial charge in [0.2, 0.25) is 0 Å². The molecule has 0 aliphatic heterocycles. The van der Waals surface area contributed by atoms with E-state index in [4.69, 9.17) is 0 Å². The standard InChI is InChI=1S/C12H16O/c1-8-9(2)12(13)7-10-5-3-4-6-11(8)10/h7,13H,3-6H2,1-2H3. The Balaban J connectivity index is 2.60. The summed E-state index contributed by atoms with van der Waals surface area (Å²) in [4.78, 5) is 0. The Morgan fingerprint density at radius 2 is 1.77 bits per heavy atom. The normalized spacial score (nSPS) is 15.5. The molecule has 0 fully saturated rings. The van der Waals surface area contributed by atoms with Crippen LogP contribution in [0.1, 0.15) is 35.1 Å². The van der Waals surface area contributed by atoms with Gasteiger partial charge in [0.05, 0.1) is 0 Å². The van der Waals surface area contributed by atoms with Crippen molar-refractivity contribution in [2.75, 3.05) is 0 Å². The highest BCUT2D eigenvalue weighted by Gasteiger charge is 2.14. The third-order valence-electron chi connectivity index (χ3n) is 3.22. The molecule has 0 saturated heterocycles. The topological polar surface area (TPSA) is 20.2 Å². The quantitative estimate of drug-likeness (QED) is 0.644. The van der Waals surface area contributed by atoms with E-state index >= 15 is 0 Å². The van der Waals surface area contributed by atoms with Gasteiger partial charge in [-0.3, -0.25) is 0 Å². The SMILES string of the molecule is Cc1c(O)cc2c(c1C)CCCC2. The lowest BCUT2D eigenvalue weighted by Crippen LogP contribution is -2.05. The summed E-state index contributed by atoms with van der Waals surface area (Å²) in [5.41, 5.74) is 5.21. The summed E-state index contributed by atoms with van der Waals surface area (Å²) in [6.07, 6.45) is 4.92. The summed E-state index contributed by atoms with van der Waals surface area (Å²) in [7, 11) is 0. The number of phenolic OH excluding ortho intramolecular Hbond substituents is 1.